The molecule has 0 aliphatic rings. The Morgan fingerprint density at radius 1 is 1.47 bits per heavy atom. The van der Waals surface area contributed by atoms with E-state index in [2.05, 4.69) is 20.5 Å². The Kier molecular flexibility index (Phi) is 4.57. The maximum Gasteiger partial charge on any atom is 0.230 e. The number of aromatic nitrogens is 3. The van der Waals surface area contributed by atoms with Crippen LogP contribution in [0, 0.1) is 6.92 Å². The summed E-state index contributed by atoms with van der Waals surface area (Å²) in [4.78, 5) is 15.8. The van der Waals surface area contributed by atoms with Crippen LogP contribution >= 0.6 is 11.8 Å². The molecule has 0 radical (unpaired) electrons. The molecule has 0 bridgehead atoms. The molecule has 0 spiro atoms. The topological polar surface area (TPSA) is 70.7 Å². The zero-order chi connectivity index (χ0) is 13.7. The summed E-state index contributed by atoms with van der Waals surface area (Å²) >= 11 is 1.34. The number of thioether (sulfide) groups is 1. The summed E-state index contributed by atoms with van der Waals surface area (Å²) < 4.78 is 0. The predicted molar refractivity (Wildman–Crippen MR) is 74.8 cm³/mol. The number of carbonyl (C=O) groups excluding carboxylic acids is 1. The predicted octanol–water partition coefficient (Wildman–Crippen LogP) is 2.08. The van der Waals surface area contributed by atoms with Crippen molar-refractivity contribution in [2.24, 2.45) is 0 Å². The minimum absolute atomic E-state index is 0.00373. The van der Waals surface area contributed by atoms with Crippen LogP contribution in [-0.4, -0.2) is 26.8 Å². The molecule has 2 rings (SSSR count). The van der Waals surface area contributed by atoms with Gasteiger partial charge in [0.05, 0.1) is 11.8 Å². The molecule has 19 heavy (non-hydrogen) atoms. The number of carbonyl (C=O) groups is 1. The van der Waals surface area contributed by atoms with Crippen LogP contribution in [0.1, 0.15) is 24.1 Å². The molecular formula is C13H16N4OS. The first kappa shape index (κ1) is 13.6. The van der Waals surface area contributed by atoms with Gasteiger partial charge in [-0.25, -0.2) is 4.98 Å². The van der Waals surface area contributed by atoms with Crippen LogP contribution in [0.5, 0.6) is 0 Å². The average molecular weight is 276 g/mol. The SMILES string of the molecule is Cc1ccccc1[C@H](C)NC(=O)CSc1ncn[nH]1. The van der Waals surface area contributed by atoms with Crippen molar-refractivity contribution in [2.45, 2.75) is 25.0 Å². The van der Waals surface area contributed by atoms with Gasteiger partial charge in [0.1, 0.15) is 6.33 Å². The summed E-state index contributed by atoms with van der Waals surface area (Å²) in [5.41, 5.74) is 2.32. The summed E-state index contributed by atoms with van der Waals surface area (Å²) in [6, 6.07) is 8.05. The Morgan fingerprint density at radius 3 is 2.95 bits per heavy atom. The highest BCUT2D eigenvalue weighted by molar-refractivity contribution is 7.99. The van der Waals surface area contributed by atoms with E-state index in [1.54, 1.807) is 0 Å². The first-order valence-electron chi connectivity index (χ1n) is 6.00. The average Bonchev–Trinajstić information content (AvgIpc) is 2.90. The molecule has 1 amide bonds. The molecule has 6 heteroatoms. The molecule has 0 fully saturated rings. The largest absolute Gasteiger partial charge is 0.349 e. The van der Waals surface area contributed by atoms with E-state index in [0.29, 0.717) is 10.9 Å². The molecule has 100 valence electrons. The van der Waals surface area contributed by atoms with Crippen molar-refractivity contribution in [3.8, 4) is 0 Å². The second kappa shape index (κ2) is 6.38. The quantitative estimate of drug-likeness (QED) is 0.820. The molecule has 0 aliphatic carbocycles. The number of hydrogen-bond donors (Lipinski definition) is 2. The van der Waals surface area contributed by atoms with E-state index in [1.807, 2.05) is 38.1 Å². The van der Waals surface area contributed by atoms with Gasteiger partial charge in [0.2, 0.25) is 5.91 Å². The second-order valence-electron chi connectivity index (χ2n) is 4.23. The van der Waals surface area contributed by atoms with Gasteiger partial charge in [-0.05, 0) is 25.0 Å². The number of benzene rings is 1. The van der Waals surface area contributed by atoms with Crippen molar-refractivity contribution >= 4 is 17.7 Å². The van der Waals surface area contributed by atoms with Crippen molar-refractivity contribution in [1.29, 1.82) is 0 Å². The van der Waals surface area contributed by atoms with Crippen LogP contribution in [0.15, 0.2) is 35.7 Å². The van der Waals surface area contributed by atoms with Crippen molar-refractivity contribution in [3.05, 3.63) is 41.7 Å². The lowest BCUT2D eigenvalue weighted by Crippen LogP contribution is -2.28. The molecule has 1 aromatic heterocycles. The standard InChI is InChI=1S/C13H16N4OS/c1-9-5-3-4-6-11(9)10(2)16-12(18)7-19-13-14-8-15-17-13/h3-6,8,10H,7H2,1-2H3,(H,16,18)(H,14,15,17)/t10-/m0/s1. The van der Waals surface area contributed by atoms with E-state index >= 15 is 0 Å². The number of amides is 1. The summed E-state index contributed by atoms with van der Waals surface area (Å²) in [5, 5.41) is 10.1. The minimum Gasteiger partial charge on any atom is -0.349 e. The molecule has 1 heterocycles. The van der Waals surface area contributed by atoms with Gasteiger partial charge in [0.15, 0.2) is 5.16 Å². The third-order valence-electron chi connectivity index (χ3n) is 2.77. The lowest BCUT2D eigenvalue weighted by atomic mass is 10.0. The third-order valence-corrected chi connectivity index (χ3v) is 3.64. The third kappa shape index (κ3) is 3.82. The van der Waals surface area contributed by atoms with Crippen LogP contribution in [0.4, 0.5) is 0 Å². The molecule has 1 atom stereocenters. The highest BCUT2D eigenvalue weighted by Gasteiger charge is 2.11. The van der Waals surface area contributed by atoms with Gasteiger partial charge in [-0.1, -0.05) is 36.0 Å². The summed E-state index contributed by atoms with van der Waals surface area (Å²) in [5.74, 6) is 0.308. The van der Waals surface area contributed by atoms with Crippen LogP contribution in [0.3, 0.4) is 0 Å². The number of aryl methyl sites for hydroxylation is 1. The van der Waals surface area contributed by atoms with Crippen molar-refractivity contribution in [1.82, 2.24) is 20.5 Å². The van der Waals surface area contributed by atoms with Gasteiger partial charge < -0.3 is 5.32 Å². The van der Waals surface area contributed by atoms with E-state index < -0.39 is 0 Å². The van der Waals surface area contributed by atoms with Gasteiger partial charge >= 0.3 is 0 Å². The number of rotatable bonds is 5. The van der Waals surface area contributed by atoms with Gasteiger partial charge in [0, 0.05) is 0 Å². The zero-order valence-corrected chi connectivity index (χ0v) is 11.7. The highest BCUT2D eigenvalue weighted by atomic mass is 32.2. The Labute approximate surface area is 116 Å². The lowest BCUT2D eigenvalue weighted by molar-refractivity contribution is -0.119. The Morgan fingerprint density at radius 2 is 2.26 bits per heavy atom. The van der Waals surface area contributed by atoms with Gasteiger partial charge in [0.25, 0.3) is 0 Å². The fraction of sp³-hybridized carbons (Fsp3) is 0.308. The summed E-state index contributed by atoms with van der Waals surface area (Å²) in [6.07, 6.45) is 1.43. The fourth-order valence-electron chi connectivity index (χ4n) is 1.83. The van der Waals surface area contributed by atoms with Crippen LogP contribution in [0.2, 0.25) is 0 Å². The van der Waals surface area contributed by atoms with E-state index in [1.165, 1.54) is 23.7 Å². The van der Waals surface area contributed by atoms with Crippen molar-refractivity contribution < 1.29 is 4.79 Å². The molecule has 2 aromatic rings. The molecule has 5 nitrogen and oxygen atoms in total. The minimum atomic E-state index is -0.0165. The van der Waals surface area contributed by atoms with E-state index in [-0.39, 0.29) is 11.9 Å². The smallest absolute Gasteiger partial charge is 0.230 e. The summed E-state index contributed by atoms with van der Waals surface area (Å²) in [7, 11) is 0. The van der Waals surface area contributed by atoms with E-state index in [0.717, 1.165) is 5.56 Å². The van der Waals surface area contributed by atoms with E-state index in [4.69, 9.17) is 0 Å². The first-order chi connectivity index (χ1) is 9.16. The molecule has 0 unspecified atom stereocenters. The molecule has 0 saturated heterocycles. The second-order valence-corrected chi connectivity index (χ2v) is 5.19. The zero-order valence-electron chi connectivity index (χ0n) is 10.9. The Bertz CT molecular complexity index is 541. The monoisotopic (exact) mass is 276 g/mol. The Balaban J connectivity index is 1.87. The Hall–Kier alpha value is -1.82. The van der Waals surface area contributed by atoms with E-state index in [9.17, 15) is 4.79 Å². The van der Waals surface area contributed by atoms with Crippen molar-refractivity contribution in [3.63, 3.8) is 0 Å². The molecule has 1 aromatic carbocycles. The molecule has 0 saturated carbocycles. The molecular weight excluding hydrogens is 260 g/mol. The number of H-pyrrole nitrogens is 1. The maximum atomic E-state index is 11.8. The first-order valence-corrected chi connectivity index (χ1v) is 6.98. The fourth-order valence-corrected chi connectivity index (χ4v) is 2.42. The maximum absolute atomic E-state index is 11.8. The van der Waals surface area contributed by atoms with Gasteiger partial charge in [-0.2, -0.15) is 5.10 Å². The van der Waals surface area contributed by atoms with Crippen LogP contribution < -0.4 is 5.32 Å². The number of aromatic amines is 1. The van der Waals surface area contributed by atoms with Crippen LogP contribution in [-0.2, 0) is 4.79 Å². The lowest BCUT2D eigenvalue weighted by Gasteiger charge is -2.16. The highest BCUT2D eigenvalue weighted by Crippen LogP contribution is 2.17. The normalized spacial score (nSPS) is 12.1. The molecule has 2 N–H and O–H groups in total. The summed E-state index contributed by atoms with van der Waals surface area (Å²) in [6.45, 7) is 4.03. The van der Waals surface area contributed by atoms with Gasteiger partial charge in [-0.15, -0.1) is 0 Å². The number of nitrogens with one attached hydrogen (secondary N) is 2. The number of nitrogens with zero attached hydrogens (tertiary/aromatic N) is 2. The van der Waals surface area contributed by atoms with Gasteiger partial charge in [-0.3, -0.25) is 9.89 Å². The number of hydrogen-bond acceptors (Lipinski definition) is 4. The van der Waals surface area contributed by atoms with Crippen molar-refractivity contribution in [2.75, 3.05) is 5.75 Å². The molecule has 0 aliphatic heterocycles. The van der Waals surface area contributed by atoms with Crippen LogP contribution in [0.25, 0.3) is 0 Å².